The lowest BCUT2D eigenvalue weighted by atomic mass is 9.92. The Kier molecular flexibility index (Phi) is 11.9. The zero-order chi connectivity index (χ0) is 40.9. The van der Waals surface area contributed by atoms with Crippen LogP contribution in [0.25, 0.3) is 11.3 Å². The van der Waals surface area contributed by atoms with Gasteiger partial charge in [-0.1, -0.05) is 84.4 Å². The summed E-state index contributed by atoms with van der Waals surface area (Å²) in [6.07, 6.45) is 0.759. The van der Waals surface area contributed by atoms with Gasteiger partial charge in [0.05, 0.1) is 37.0 Å². The number of rotatable bonds is 11. The van der Waals surface area contributed by atoms with Gasteiger partial charge in [-0.2, -0.15) is 5.26 Å². The summed E-state index contributed by atoms with van der Waals surface area (Å²) in [4.78, 5) is 35.9. The number of ether oxygens (including phenoxy) is 2. The van der Waals surface area contributed by atoms with Crippen molar-refractivity contribution in [1.29, 1.82) is 5.26 Å². The number of amides is 2. The van der Waals surface area contributed by atoms with Gasteiger partial charge in [-0.3, -0.25) is 14.5 Å². The molecule has 0 aliphatic carbocycles. The lowest BCUT2D eigenvalue weighted by molar-refractivity contribution is 0.0193. The van der Waals surface area contributed by atoms with Crippen molar-refractivity contribution in [3.63, 3.8) is 0 Å². The van der Waals surface area contributed by atoms with E-state index in [9.17, 15) is 14.9 Å². The molecule has 3 heterocycles. The van der Waals surface area contributed by atoms with Gasteiger partial charge in [0.25, 0.3) is 11.8 Å². The van der Waals surface area contributed by atoms with Gasteiger partial charge in [-0.05, 0) is 90.2 Å². The van der Waals surface area contributed by atoms with Crippen LogP contribution in [0.2, 0.25) is 5.02 Å². The maximum Gasteiger partial charge on any atom is 0.260 e. The SMILES string of the molecule is Cc1c(C(=O)N(Cc2ccccc2C#N)c2ccc(OCc3ccccc3)cc2)cc(-c2cc(Cl)ccc2C(=O)N2Cc3ccccc3C[C@H]2CN2CCOCC2)n1C. The topological polar surface area (TPSA) is 91.0 Å². The molecule has 1 fully saturated rings. The molecule has 8 rings (SSSR count). The molecule has 1 aromatic heterocycles. The zero-order valence-corrected chi connectivity index (χ0v) is 34.1. The van der Waals surface area contributed by atoms with Crippen molar-refractivity contribution in [1.82, 2.24) is 14.4 Å². The van der Waals surface area contributed by atoms with E-state index in [1.807, 2.05) is 121 Å². The van der Waals surface area contributed by atoms with E-state index >= 15 is 0 Å². The van der Waals surface area contributed by atoms with E-state index in [4.69, 9.17) is 21.1 Å². The van der Waals surface area contributed by atoms with Gasteiger partial charge in [-0.15, -0.1) is 0 Å². The Hall–Kier alpha value is -6.18. The van der Waals surface area contributed by atoms with Crippen molar-refractivity contribution in [2.24, 2.45) is 7.05 Å². The summed E-state index contributed by atoms with van der Waals surface area (Å²) in [6.45, 7) is 6.76. The maximum atomic E-state index is 14.9. The average molecular weight is 804 g/mol. The summed E-state index contributed by atoms with van der Waals surface area (Å²) < 4.78 is 13.6. The maximum absolute atomic E-state index is 14.9. The van der Waals surface area contributed by atoms with Gasteiger partial charge in [0.15, 0.2) is 0 Å². The quantitative estimate of drug-likeness (QED) is 0.130. The summed E-state index contributed by atoms with van der Waals surface area (Å²) in [6, 6.07) is 42.6. The van der Waals surface area contributed by atoms with Crippen LogP contribution in [-0.2, 0) is 37.9 Å². The fraction of sp³-hybridized carbons (Fsp3) is 0.245. The normalized spacial score (nSPS) is 15.3. The number of halogens is 1. The summed E-state index contributed by atoms with van der Waals surface area (Å²) in [5.74, 6) is 0.340. The highest BCUT2D eigenvalue weighted by Crippen LogP contribution is 2.35. The van der Waals surface area contributed by atoms with Crippen LogP contribution in [0.15, 0.2) is 127 Å². The van der Waals surface area contributed by atoms with Crippen molar-refractivity contribution in [2.75, 3.05) is 37.7 Å². The van der Waals surface area contributed by atoms with Gasteiger partial charge >= 0.3 is 0 Å². The standard InChI is InChI=1S/C49H46ClN5O4/c1-34-45(49(57)54(31-39-15-9-7-13-37(39)29-51)41-17-19-43(20-18-41)59-33-35-10-4-3-5-11-35)28-47(52(34)2)46-27-40(50)16-21-44(46)48(56)55-30-38-14-8-6-12-36(38)26-42(55)32-53-22-24-58-25-23-53/h3-21,27-28,42H,22-26,30-33H2,1-2H3/t42-/m0/s1. The molecule has 9 nitrogen and oxygen atoms in total. The van der Waals surface area contributed by atoms with Gasteiger partial charge in [0.1, 0.15) is 12.4 Å². The summed E-state index contributed by atoms with van der Waals surface area (Å²) in [7, 11) is 1.91. The molecule has 6 aromatic rings. The summed E-state index contributed by atoms with van der Waals surface area (Å²) in [5, 5.41) is 10.5. The second-order valence-corrected chi connectivity index (χ2v) is 15.6. The van der Waals surface area contributed by atoms with Crippen molar-refractivity contribution in [3.8, 4) is 23.1 Å². The number of morpholine rings is 1. The number of anilines is 1. The highest BCUT2D eigenvalue weighted by atomic mass is 35.5. The van der Waals surface area contributed by atoms with E-state index in [1.165, 1.54) is 5.56 Å². The van der Waals surface area contributed by atoms with Crippen molar-refractivity contribution >= 4 is 29.1 Å². The van der Waals surface area contributed by atoms with Crippen LogP contribution in [-0.4, -0.2) is 65.1 Å². The number of carbonyl (C=O) groups excluding carboxylic acids is 2. The highest BCUT2D eigenvalue weighted by Gasteiger charge is 2.34. The van der Waals surface area contributed by atoms with Gasteiger partial charge in [-0.25, -0.2) is 0 Å². The van der Waals surface area contributed by atoms with Crippen LogP contribution in [0.4, 0.5) is 5.69 Å². The molecule has 0 unspecified atom stereocenters. The van der Waals surface area contributed by atoms with Crippen LogP contribution in [0.3, 0.4) is 0 Å². The first-order valence-corrected chi connectivity index (χ1v) is 20.4. The molecule has 0 bridgehead atoms. The predicted octanol–water partition coefficient (Wildman–Crippen LogP) is 8.85. The number of carbonyl (C=O) groups is 2. The fourth-order valence-electron chi connectivity index (χ4n) is 8.14. The molecule has 0 spiro atoms. The second kappa shape index (κ2) is 17.8. The lowest BCUT2D eigenvalue weighted by Gasteiger charge is -2.40. The molecule has 5 aromatic carbocycles. The first-order chi connectivity index (χ1) is 28.8. The lowest BCUT2D eigenvalue weighted by Crippen LogP contribution is -2.52. The number of nitrogens with zero attached hydrogens (tertiary/aromatic N) is 5. The molecule has 298 valence electrons. The zero-order valence-electron chi connectivity index (χ0n) is 33.3. The van der Waals surface area contributed by atoms with E-state index in [0.717, 1.165) is 48.4 Å². The first kappa shape index (κ1) is 39.6. The van der Waals surface area contributed by atoms with Crippen molar-refractivity contribution < 1.29 is 19.1 Å². The summed E-state index contributed by atoms with van der Waals surface area (Å²) >= 11 is 6.70. The second-order valence-electron chi connectivity index (χ2n) is 15.2. The van der Waals surface area contributed by atoms with E-state index in [2.05, 4.69) is 29.2 Å². The molecular formula is C49H46ClN5O4. The van der Waals surface area contributed by atoms with Crippen LogP contribution >= 0.6 is 11.6 Å². The Morgan fingerprint density at radius 2 is 1.58 bits per heavy atom. The summed E-state index contributed by atoms with van der Waals surface area (Å²) in [5.41, 5.74) is 8.38. The minimum Gasteiger partial charge on any atom is -0.489 e. The van der Waals surface area contributed by atoms with Crippen molar-refractivity contribution in [3.05, 3.63) is 177 Å². The number of hydrogen-bond acceptors (Lipinski definition) is 6. The van der Waals surface area contributed by atoms with Crippen molar-refractivity contribution in [2.45, 2.75) is 39.1 Å². The molecule has 2 amide bonds. The molecule has 2 aliphatic heterocycles. The molecule has 59 heavy (non-hydrogen) atoms. The molecule has 0 radical (unpaired) electrons. The average Bonchev–Trinajstić information content (AvgIpc) is 3.57. The first-order valence-electron chi connectivity index (χ1n) is 20.0. The van der Waals surface area contributed by atoms with Gasteiger partial charge in [0.2, 0.25) is 0 Å². The molecule has 10 heteroatoms. The third kappa shape index (κ3) is 8.67. The monoisotopic (exact) mass is 803 g/mol. The van der Waals surface area contributed by atoms with E-state index in [-0.39, 0.29) is 24.4 Å². The highest BCUT2D eigenvalue weighted by molar-refractivity contribution is 6.31. The molecule has 0 saturated carbocycles. The van der Waals surface area contributed by atoms with Gasteiger partial charge < -0.3 is 23.8 Å². The van der Waals surface area contributed by atoms with Crippen LogP contribution < -0.4 is 9.64 Å². The Balaban J connectivity index is 1.13. The molecule has 1 atom stereocenters. The molecule has 1 saturated heterocycles. The minimum atomic E-state index is -0.247. The Morgan fingerprint density at radius 1 is 0.864 bits per heavy atom. The van der Waals surface area contributed by atoms with E-state index in [1.54, 1.807) is 17.0 Å². The third-order valence-electron chi connectivity index (χ3n) is 11.6. The largest absolute Gasteiger partial charge is 0.489 e. The van der Waals surface area contributed by atoms with E-state index in [0.29, 0.717) is 70.8 Å². The van der Waals surface area contributed by atoms with E-state index < -0.39 is 0 Å². The van der Waals surface area contributed by atoms with Gasteiger partial charge in [0, 0.05) is 72.5 Å². The Bertz CT molecular complexity index is 2500. The molecular weight excluding hydrogens is 758 g/mol. The number of hydrogen-bond donors (Lipinski definition) is 0. The number of fused-ring (bicyclic) bond motifs is 1. The fourth-order valence-corrected chi connectivity index (χ4v) is 8.31. The van der Waals surface area contributed by atoms with Crippen LogP contribution in [0.1, 0.15) is 54.2 Å². The Morgan fingerprint density at radius 3 is 2.34 bits per heavy atom. The molecule has 0 N–H and O–H groups in total. The minimum absolute atomic E-state index is 0.0358. The predicted molar refractivity (Wildman–Crippen MR) is 231 cm³/mol. The Labute approximate surface area is 350 Å². The number of benzene rings is 5. The smallest absolute Gasteiger partial charge is 0.260 e. The number of aromatic nitrogens is 1. The third-order valence-corrected chi connectivity index (χ3v) is 11.8. The molecule has 2 aliphatic rings. The van der Waals surface area contributed by atoms with Crippen LogP contribution in [0, 0.1) is 18.3 Å². The number of nitriles is 1. The van der Waals surface area contributed by atoms with Crippen LogP contribution in [0.5, 0.6) is 5.75 Å².